The first-order valence-electron chi connectivity index (χ1n) is 19.4. The zero-order valence-corrected chi connectivity index (χ0v) is 31.4. The molecule has 0 spiro atoms. The summed E-state index contributed by atoms with van der Waals surface area (Å²) in [5.74, 6) is 0. The number of nitrogens with one attached hydrogen (secondary N) is 1. The number of H-pyrrole nitrogens is 1. The van der Waals surface area contributed by atoms with Crippen LogP contribution in [0.2, 0.25) is 5.28 Å². The Morgan fingerprint density at radius 2 is 0.965 bits per heavy atom. The van der Waals surface area contributed by atoms with Crippen LogP contribution in [-0.2, 0) is 5.41 Å². The van der Waals surface area contributed by atoms with E-state index in [0.29, 0.717) is 0 Å². The number of halogens is 1. The molecule has 0 amide bonds. The van der Waals surface area contributed by atoms with E-state index < -0.39 is 5.41 Å². The van der Waals surface area contributed by atoms with Crippen molar-refractivity contribution in [1.29, 1.82) is 0 Å². The summed E-state index contributed by atoms with van der Waals surface area (Å²) in [7, 11) is 0. The molecule has 9 aromatic carbocycles. The molecular formula is C53H32ClN3. The summed E-state index contributed by atoms with van der Waals surface area (Å²) in [5, 5.41) is 8.79. The summed E-state index contributed by atoms with van der Waals surface area (Å²) in [5.41, 5.74) is 14.3. The van der Waals surface area contributed by atoms with Gasteiger partial charge in [0.25, 0.3) is 0 Å². The van der Waals surface area contributed by atoms with Crippen molar-refractivity contribution in [3.05, 3.63) is 216 Å². The molecule has 2 aromatic heterocycles. The van der Waals surface area contributed by atoms with E-state index in [9.17, 15) is 0 Å². The molecule has 266 valence electrons. The minimum absolute atomic E-state index is 0.244. The van der Waals surface area contributed by atoms with Gasteiger partial charge in [0.2, 0.25) is 5.28 Å². The highest BCUT2D eigenvalue weighted by atomic mass is 35.5. The van der Waals surface area contributed by atoms with E-state index in [0.717, 1.165) is 33.2 Å². The molecule has 0 radical (unpaired) electrons. The van der Waals surface area contributed by atoms with Crippen molar-refractivity contribution in [2.75, 3.05) is 0 Å². The van der Waals surface area contributed by atoms with Gasteiger partial charge in [-0.25, -0.2) is 9.97 Å². The summed E-state index contributed by atoms with van der Waals surface area (Å²) in [6.45, 7) is 0. The summed E-state index contributed by atoms with van der Waals surface area (Å²) >= 11 is 6.45. The predicted molar refractivity (Wildman–Crippen MR) is 237 cm³/mol. The molecule has 0 aliphatic heterocycles. The van der Waals surface area contributed by atoms with Crippen molar-refractivity contribution in [1.82, 2.24) is 15.0 Å². The molecule has 57 heavy (non-hydrogen) atoms. The topological polar surface area (TPSA) is 41.6 Å². The number of para-hydroxylation sites is 1. The van der Waals surface area contributed by atoms with Crippen LogP contribution in [-0.4, -0.2) is 15.0 Å². The predicted octanol–water partition coefficient (Wildman–Crippen LogP) is 13.9. The number of aromatic nitrogens is 3. The first kappa shape index (κ1) is 32.2. The normalized spacial score (nSPS) is 13.1. The fourth-order valence-corrected chi connectivity index (χ4v) is 10.0. The second-order valence-electron chi connectivity index (χ2n) is 15.1. The number of hydrogen-bond acceptors (Lipinski definition) is 2. The van der Waals surface area contributed by atoms with E-state index in [1.807, 2.05) is 18.2 Å². The Morgan fingerprint density at radius 1 is 0.404 bits per heavy atom. The highest BCUT2D eigenvalue weighted by Crippen LogP contribution is 2.56. The molecular weight excluding hydrogens is 714 g/mol. The Hall–Kier alpha value is -7.07. The van der Waals surface area contributed by atoms with E-state index in [1.165, 1.54) is 76.8 Å². The Labute approximate surface area is 333 Å². The average molecular weight is 746 g/mol. The first-order valence-corrected chi connectivity index (χ1v) is 19.7. The molecule has 0 saturated heterocycles. The van der Waals surface area contributed by atoms with Crippen molar-refractivity contribution >= 4 is 65.9 Å². The zero-order valence-electron chi connectivity index (χ0n) is 30.7. The minimum Gasteiger partial charge on any atom is -0.354 e. The lowest BCUT2D eigenvalue weighted by molar-refractivity contribution is 0.769. The maximum Gasteiger partial charge on any atom is 0.223 e. The summed E-state index contributed by atoms with van der Waals surface area (Å²) in [6.07, 6.45) is 0. The van der Waals surface area contributed by atoms with Gasteiger partial charge in [0.05, 0.1) is 16.6 Å². The van der Waals surface area contributed by atoms with Crippen LogP contribution in [0.4, 0.5) is 0 Å². The van der Waals surface area contributed by atoms with Crippen LogP contribution in [0.25, 0.3) is 87.8 Å². The standard InChI is InChI=1S/C53H32ClN3/c54-52-56-46-19-8-5-14-43(46)51(57-52)34-22-27-36(28-23-34)53(44-17-6-3-12-40(44)41-13-4-7-18-45(41)53)35-25-20-33(21-26-35)37-15-9-16-42-39(37)29-31-48-50(42)49-38-11-2-1-10-32(38)24-30-47(49)55-48/h1-31,55H. The van der Waals surface area contributed by atoms with Crippen LogP contribution in [0.1, 0.15) is 22.3 Å². The summed E-state index contributed by atoms with van der Waals surface area (Å²) in [6, 6.07) is 68.4. The van der Waals surface area contributed by atoms with Crippen LogP contribution >= 0.6 is 11.6 Å². The Morgan fingerprint density at radius 3 is 1.70 bits per heavy atom. The summed E-state index contributed by atoms with van der Waals surface area (Å²) < 4.78 is 0. The molecule has 11 aromatic rings. The largest absolute Gasteiger partial charge is 0.354 e. The quantitative estimate of drug-likeness (QED) is 0.182. The third-order valence-corrected chi connectivity index (χ3v) is 12.4. The lowest BCUT2D eigenvalue weighted by atomic mass is 9.67. The number of hydrogen-bond donors (Lipinski definition) is 1. The van der Waals surface area contributed by atoms with Gasteiger partial charge in [-0.3, -0.25) is 0 Å². The van der Waals surface area contributed by atoms with E-state index in [2.05, 4.69) is 180 Å². The highest BCUT2D eigenvalue weighted by molar-refractivity contribution is 6.29. The van der Waals surface area contributed by atoms with Gasteiger partial charge in [-0.05, 0) is 95.9 Å². The number of fused-ring (bicyclic) bond motifs is 11. The van der Waals surface area contributed by atoms with Gasteiger partial charge in [-0.2, -0.15) is 0 Å². The number of benzene rings is 9. The molecule has 2 heterocycles. The van der Waals surface area contributed by atoms with Gasteiger partial charge >= 0.3 is 0 Å². The van der Waals surface area contributed by atoms with Crippen molar-refractivity contribution in [3.8, 4) is 33.5 Å². The molecule has 0 bridgehead atoms. The summed E-state index contributed by atoms with van der Waals surface area (Å²) in [4.78, 5) is 12.9. The molecule has 3 nitrogen and oxygen atoms in total. The smallest absolute Gasteiger partial charge is 0.223 e. The maximum atomic E-state index is 6.45. The van der Waals surface area contributed by atoms with Crippen LogP contribution in [0.5, 0.6) is 0 Å². The highest BCUT2D eigenvalue weighted by Gasteiger charge is 2.45. The van der Waals surface area contributed by atoms with Gasteiger partial charge in [-0.1, -0.05) is 170 Å². The second-order valence-corrected chi connectivity index (χ2v) is 15.4. The van der Waals surface area contributed by atoms with Gasteiger partial charge < -0.3 is 4.98 Å². The molecule has 0 fully saturated rings. The van der Waals surface area contributed by atoms with Gasteiger partial charge in [0.1, 0.15) is 0 Å². The molecule has 12 rings (SSSR count). The lowest BCUT2D eigenvalue weighted by Crippen LogP contribution is -2.28. The second kappa shape index (κ2) is 12.2. The van der Waals surface area contributed by atoms with Crippen LogP contribution in [0, 0.1) is 0 Å². The van der Waals surface area contributed by atoms with Crippen molar-refractivity contribution in [2.45, 2.75) is 5.41 Å². The molecule has 0 unspecified atom stereocenters. The first-order chi connectivity index (χ1) is 28.2. The zero-order chi connectivity index (χ0) is 37.7. The molecule has 1 aliphatic carbocycles. The number of nitrogens with zero attached hydrogens (tertiary/aromatic N) is 2. The Kier molecular flexibility index (Phi) is 6.90. The Bertz CT molecular complexity index is 3370. The number of aromatic amines is 1. The fraction of sp³-hybridized carbons (Fsp3) is 0.0189. The van der Waals surface area contributed by atoms with Crippen molar-refractivity contribution in [3.63, 3.8) is 0 Å². The van der Waals surface area contributed by atoms with E-state index in [-0.39, 0.29) is 5.28 Å². The van der Waals surface area contributed by atoms with Crippen molar-refractivity contribution in [2.24, 2.45) is 0 Å². The third kappa shape index (κ3) is 4.61. The molecule has 4 heteroatoms. The van der Waals surface area contributed by atoms with Gasteiger partial charge in [0.15, 0.2) is 0 Å². The maximum absolute atomic E-state index is 6.45. The fourth-order valence-electron chi connectivity index (χ4n) is 9.84. The lowest BCUT2D eigenvalue weighted by Gasteiger charge is -2.34. The minimum atomic E-state index is -0.536. The monoisotopic (exact) mass is 745 g/mol. The van der Waals surface area contributed by atoms with Crippen molar-refractivity contribution < 1.29 is 0 Å². The van der Waals surface area contributed by atoms with E-state index in [1.54, 1.807) is 0 Å². The molecule has 1 N–H and O–H groups in total. The Balaban J connectivity index is 1.04. The van der Waals surface area contributed by atoms with Gasteiger partial charge in [-0.15, -0.1) is 0 Å². The average Bonchev–Trinajstić information content (AvgIpc) is 3.81. The SMILES string of the molecule is Clc1nc(-c2ccc(C3(c4ccc(-c5cccc6c5ccc5[nH]c7ccc8ccccc8c7c56)cc4)c4ccccc4-c4ccccc43)cc2)c2ccccc2n1. The third-order valence-electron chi connectivity index (χ3n) is 12.3. The molecule has 0 atom stereocenters. The molecule has 0 saturated carbocycles. The molecule has 1 aliphatic rings. The van der Waals surface area contributed by atoms with E-state index in [4.69, 9.17) is 16.6 Å². The number of rotatable bonds is 4. The van der Waals surface area contributed by atoms with Crippen LogP contribution in [0.3, 0.4) is 0 Å². The van der Waals surface area contributed by atoms with Crippen LogP contribution < -0.4 is 0 Å². The van der Waals surface area contributed by atoms with Crippen LogP contribution in [0.15, 0.2) is 188 Å². The van der Waals surface area contributed by atoms with Gasteiger partial charge in [0, 0.05) is 32.8 Å². The van der Waals surface area contributed by atoms with E-state index >= 15 is 0 Å².